The van der Waals surface area contributed by atoms with Crippen molar-refractivity contribution in [3.05, 3.63) is 46.5 Å². The molecule has 1 aromatic carbocycles. The number of carbonyl (C=O) groups is 1. The molecule has 0 saturated heterocycles. The standard InChI is InChI=1S/C22H24F3N5O/c23-22(24,25)13-8-9-17-18(11-13)28-20(27-17)12-4-3-5-14(10-12)26-21(31)19-15-6-1-2-7-16(15)29-30-19/h8-9,11-12,14H,1-7,10H2,(H,26,31)(H,27,28)(H,29,30)/t12-,14+/m0/s1. The molecule has 1 saturated carbocycles. The Labute approximate surface area is 177 Å². The molecule has 6 nitrogen and oxygen atoms in total. The van der Waals surface area contributed by atoms with Gasteiger partial charge in [-0.25, -0.2) is 4.98 Å². The van der Waals surface area contributed by atoms with E-state index in [4.69, 9.17) is 0 Å². The second-order valence-corrected chi connectivity index (χ2v) is 8.62. The monoisotopic (exact) mass is 431 g/mol. The minimum atomic E-state index is -4.39. The lowest BCUT2D eigenvalue weighted by Crippen LogP contribution is -2.38. The molecule has 1 amide bonds. The molecule has 164 valence electrons. The first-order valence-corrected chi connectivity index (χ1v) is 10.8. The fraction of sp³-hybridized carbons (Fsp3) is 0.500. The van der Waals surface area contributed by atoms with Gasteiger partial charge in [0.2, 0.25) is 0 Å². The Morgan fingerprint density at radius 2 is 1.97 bits per heavy atom. The third-order valence-electron chi connectivity index (χ3n) is 6.50. The fourth-order valence-electron chi connectivity index (χ4n) is 4.89. The molecule has 0 spiro atoms. The summed E-state index contributed by atoms with van der Waals surface area (Å²) in [5.41, 5.74) is 2.82. The number of carbonyl (C=O) groups excluding carboxylic acids is 1. The zero-order valence-corrected chi connectivity index (χ0v) is 17.0. The molecule has 5 rings (SSSR count). The first-order chi connectivity index (χ1) is 14.9. The van der Waals surface area contributed by atoms with Gasteiger partial charge in [0.25, 0.3) is 5.91 Å². The van der Waals surface area contributed by atoms with Gasteiger partial charge in [0.1, 0.15) is 5.82 Å². The van der Waals surface area contributed by atoms with Gasteiger partial charge in [-0.1, -0.05) is 6.42 Å². The lowest BCUT2D eigenvalue weighted by molar-refractivity contribution is -0.137. The quantitative estimate of drug-likeness (QED) is 0.565. The van der Waals surface area contributed by atoms with Gasteiger partial charge in [0.15, 0.2) is 5.69 Å². The minimum absolute atomic E-state index is 0.0128. The Balaban J connectivity index is 1.30. The number of amides is 1. The number of benzene rings is 1. The van der Waals surface area contributed by atoms with Crippen LogP contribution in [0.3, 0.4) is 0 Å². The van der Waals surface area contributed by atoms with Gasteiger partial charge in [-0.05, 0) is 63.1 Å². The van der Waals surface area contributed by atoms with Crippen molar-refractivity contribution >= 4 is 16.9 Å². The summed E-state index contributed by atoms with van der Waals surface area (Å²) in [6, 6.07) is 3.56. The number of hydrogen-bond acceptors (Lipinski definition) is 3. The minimum Gasteiger partial charge on any atom is -0.348 e. The van der Waals surface area contributed by atoms with Crippen LogP contribution in [0.25, 0.3) is 11.0 Å². The van der Waals surface area contributed by atoms with Crippen LogP contribution >= 0.6 is 0 Å². The summed E-state index contributed by atoms with van der Waals surface area (Å²) in [5.74, 6) is 0.601. The number of rotatable bonds is 3. The number of aromatic amines is 2. The zero-order chi connectivity index (χ0) is 21.6. The molecule has 2 heterocycles. The van der Waals surface area contributed by atoms with Crippen molar-refractivity contribution in [1.29, 1.82) is 0 Å². The molecule has 1 fully saturated rings. The summed E-state index contributed by atoms with van der Waals surface area (Å²) >= 11 is 0. The zero-order valence-electron chi connectivity index (χ0n) is 17.0. The maximum atomic E-state index is 13.0. The maximum absolute atomic E-state index is 13.0. The van der Waals surface area contributed by atoms with Crippen molar-refractivity contribution in [1.82, 2.24) is 25.5 Å². The third-order valence-corrected chi connectivity index (χ3v) is 6.50. The van der Waals surface area contributed by atoms with Crippen molar-refractivity contribution in [2.75, 3.05) is 0 Å². The van der Waals surface area contributed by atoms with E-state index < -0.39 is 11.7 Å². The summed E-state index contributed by atoms with van der Waals surface area (Å²) in [6.45, 7) is 0. The number of fused-ring (bicyclic) bond motifs is 2. The van der Waals surface area contributed by atoms with Gasteiger partial charge >= 0.3 is 6.18 Å². The average molecular weight is 431 g/mol. The molecular formula is C22H24F3N5O. The number of nitrogens with zero attached hydrogens (tertiary/aromatic N) is 2. The Morgan fingerprint density at radius 1 is 1.13 bits per heavy atom. The van der Waals surface area contributed by atoms with Crippen LogP contribution in [0, 0.1) is 0 Å². The number of imidazole rings is 1. The lowest BCUT2D eigenvalue weighted by Gasteiger charge is -2.28. The highest BCUT2D eigenvalue weighted by Crippen LogP contribution is 2.35. The number of H-pyrrole nitrogens is 2. The van der Waals surface area contributed by atoms with E-state index >= 15 is 0 Å². The SMILES string of the molecule is O=C(N[C@@H]1CCC[C@H](c2nc3cc(C(F)(F)F)ccc3[nH]2)C1)c1n[nH]c2c1CCCC2. The number of halogens is 3. The smallest absolute Gasteiger partial charge is 0.348 e. The Hall–Kier alpha value is -2.84. The van der Waals surface area contributed by atoms with Gasteiger partial charge in [-0.15, -0.1) is 0 Å². The van der Waals surface area contributed by atoms with Gasteiger partial charge < -0.3 is 10.3 Å². The van der Waals surface area contributed by atoms with Crippen LogP contribution in [0.1, 0.15) is 77.6 Å². The molecule has 0 radical (unpaired) electrons. The van der Waals surface area contributed by atoms with Crippen LogP contribution in [0.4, 0.5) is 13.2 Å². The Kier molecular flexibility index (Phi) is 4.98. The predicted octanol–water partition coefficient (Wildman–Crippen LogP) is 4.64. The van der Waals surface area contributed by atoms with E-state index in [-0.39, 0.29) is 17.9 Å². The van der Waals surface area contributed by atoms with E-state index in [0.717, 1.165) is 68.3 Å². The number of hydrogen-bond donors (Lipinski definition) is 3. The molecule has 3 aromatic rings. The first-order valence-electron chi connectivity index (χ1n) is 10.8. The highest BCUT2D eigenvalue weighted by Gasteiger charge is 2.32. The van der Waals surface area contributed by atoms with Crippen LogP contribution in [0.5, 0.6) is 0 Å². The van der Waals surface area contributed by atoms with Crippen LogP contribution in [-0.4, -0.2) is 32.1 Å². The van der Waals surface area contributed by atoms with Crippen molar-refractivity contribution in [2.24, 2.45) is 0 Å². The number of aryl methyl sites for hydroxylation is 1. The van der Waals surface area contributed by atoms with E-state index in [1.807, 2.05) is 0 Å². The largest absolute Gasteiger partial charge is 0.416 e. The number of alkyl halides is 3. The predicted molar refractivity (Wildman–Crippen MR) is 109 cm³/mol. The summed E-state index contributed by atoms with van der Waals surface area (Å²) in [6.07, 6.45) is 2.97. The van der Waals surface area contributed by atoms with Gasteiger partial charge in [-0.3, -0.25) is 9.89 Å². The molecule has 0 unspecified atom stereocenters. The highest BCUT2D eigenvalue weighted by atomic mass is 19.4. The van der Waals surface area contributed by atoms with E-state index in [2.05, 4.69) is 25.5 Å². The van der Waals surface area contributed by atoms with Crippen LogP contribution < -0.4 is 5.32 Å². The highest BCUT2D eigenvalue weighted by molar-refractivity contribution is 5.94. The molecule has 2 aliphatic carbocycles. The molecule has 0 aliphatic heterocycles. The third kappa shape index (κ3) is 3.93. The summed E-state index contributed by atoms with van der Waals surface area (Å²) in [5, 5.41) is 10.4. The Morgan fingerprint density at radius 3 is 2.81 bits per heavy atom. The van der Waals surface area contributed by atoms with E-state index in [1.54, 1.807) is 0 Å². The van der Waals surface area contributed by atoms with Crippen molar-refractivity contribution in [3.8, 4) is 0 Å². The van der Waals surface area contributed by atoms with Crippen LogP contribution in [-0.2, 0) is 19.0 Å². The van der Waals surface area contributed by atoms with Crippen LogP contribution in [0.15, 0.2) is 18.2 Å². The van der Waals surface area contributed by atoms with Gasteiger partial charge in [-0.2, -0.15) is 18.3 Å². The number of nitrogens with one attached hydrogen (secondary N) is 3. The molecule has 2 atom stereocenters. The molecule has 2 aliphatic rings. The summed E-state index contributed by atoms with van der Waals surface area (Å²) < 4.78 is 39.0. The molecule has 9 heteroatoms. The summed E-state index contributed by atoms with van der Waals surface area (Å²) in [7, 11) is 0. The molecule has 2 aromatic heterocycles. The maximum Gasteiger partial charge on any atom is 0.416 e. The molecule has 0 bridgehead atoms. The van der Waals surface area contributed by atoms with E-state index in [1.165, 1.54) is 6.07 Å². The lowest BCUT2D eigenvalue weighted by atomic mass is 9.85. The second kappa shape index (κ2) is 7.69. The number of aromatic nitrogens is 4. The van der Waals surface area contributed by atoms with Gasteiger partial charge in [0, 0.05) is 23.2 Å². The molecule has 3 N–H and O–H groups in total. The van der Waals surface area contributed by atoms with Gasteiger partial charge in [0.05, 0.1) is 16.6 Å². The topological polar surface area (TPSA) is 86.5 Å². The Bertz CT molecular complexity index is 1120. The van der Waals surface area contributed by atoms with Crippen molar-refractivity contribution in [2.45, 2.75) is 69.5 Å². The molecular weight excluding hydrogens is 407 g/mol. The van der Waals surface area contributed by atoms with E-state index in [9.17, 15) is 18.0 Å². The summed E-state index contributed by atoms with van der Waals surface area (Å²) in [4.78, 5) is 20.5. The van der Waals surface area contributed by atoms with Crippen molar-refractivity contribution in [3.63, 3.8) is 0 Å². The van der Waals surface area contributed by atoms with Crippen molar-refractivity contribution < 1.29 is 18.0 Å². The first kappa shape index (κ1) is 20.1. The van der Waals surface area contributed by atoms with E-state index in [0.29, 0.717) is 29.0 Å². The second-order valence-electron chi connectivity index (χ2n) is 8.62. The fourth-order valence-corrected chi connectivity index (χ4v) is 4.89. The normalized spacial score (nSPS) is 21.8. The van der Waals surface area contributed by atoms with Crippen LogP contribution in [0.2, 0.25) is 0 Å². The molecule has 31 heavy (non-hydrogen) atoms. The average Bonchev–Trinajstić information content (AvgIpc) is 3.37.